The second-order valence-electron chi connectivity index (χ2n) is 4.27. The first-order valence-corrected chi connectivity index (χ1v) is 8.33. The number of anilines is 2. The summed E-state index contributed by atoms with van der Waals surface area (Å²) < 4.78 is 26.5. The summed E-state index contributed by atoms with van der Waals surface area (Å²) in [5.74, 6) is -2.16. The summed E-state index contributed by atoms with van der Waals surface area (Å²) in [4.78, 5) is 11.8. The fourth-order valence-electron chi connectivity index (χ4n) is 1.47. The minimum atomic E-state index is -0.999. The number of hydrogen-bond acceptors (Lipinski definition) is 6. The number of thioether (sulfide) groups is 1. The number of nitrogens with zero attached hydrogens (tertiary/aromatic N) is 2. The Hall–Kier alpha value is -1.74. The Labute approximate surface area is 134 Å². The highest BCUT2D eigenvalue weighted by Crippen LogP contribution is 2.25. The minimum Gasteiger partial charge on any atom is -0.360 e. The summed E-state index contributed by atoms with van der Waals surface area (Å²) in [5, 5.41) is 14.2. The molecule has 0 fully saturated rings. The van der Waals surface area contributed by atoms with Crippen LogP contribution in [0.5, 0.6) is 0 Å². The van der Waals surface area contributed by atoms with Crippen LogP contribution in [0.2, 0.25) is 0 Å². The van der Waals surface area contributed by atoms with Gasteiger partial charge in [0, 0.05) is 18.3 Å². The third kappa shape index (κ3) is 4.92. The van der Waals surface area contributed by atoms with Gasteiger partial charge in [-0.25, -0.2) is 8.78 Å². The van der Waals surface area contributed by atoms with E-state index in [4.69, 9.17) is 0 Å². The molecule has 1 heterocycles. The molecule has 0 unspecified atom stereocenters. The normalized spacial score (nSPS) is 10.5. The van der Waals surface area contributed by atoms with E-state index in [1.807, 2.05) is 6.92 Å². The molecule has 0 atom stereocenters. The van der Waals surface area contributed by atoms with Gasteiger partial charge in [-0.05, 0) is 18.6 Å². The van der Waals surface area contributed by atoms with Gasteiger partial charge in [-0.2, -0.15) is 0 Å². The van der Waals surface area contributed by atoms with E-state index in [9.17, 15) is 13.6 Å². The molecule has 0 spiro atoms. The first-order chi connectivity index (χ1) is 10.6. The van der Waals surface area contributed by atoms with E-state index in [0.29, 0.717) is 9.47 Å². The summed E-state index contributed by atoms with van der Waals surface area (Å²) in [5.41, 5.74) is 0.215. The van der Waals surface area contributed by atoms with Crippen molar-refractivity contribution in [2.45, 2.75) is 17.7 Å². The van der Waals surface area contributed by atoms with Crippen LogP contribution in [0.15, 0.2) is 22.5 Å². The molecule has 1 aromatic heterocycles. The lowest BCUT2D eigenvalue weighted by molar-refractivity contribution is -0.113. The lowest BCUT2D eigenvalue weighted by atomic mass is 10.3. The minimum absolute atomic E-state index is 0.113. The molecule has 0 aliphatic carbocycles. The molecule has 0 radical (unpaired) electrons. The van der Waals surface area contributed by atoms with Crippen molar-refractivity contribution in [2.75, 3.05) is 22.9 Å². The number of rotatable bonds is 7. The molecule has 118 valence electrons. The average Bonchev–Trinajstić information content (AvgIpc) is 2.95. The Balaban J connectivity index is 1.82. The summed E-state index contributed by atoms with van der Waals surface area (Å²) in [6.07, 6.45) is 0.985. The second kappa shape index (κ2) is 8.04. The van der Waals surface area contributed by atoms with Crippen molar-refractivity contribution in [1.29, 1.82) is 0 Å². The Kier molecular flexibility index (Phi) is 6.08. The van der Waals surface area contributed by atoms with Crippen molar-refractivity contribution in [2.24, 2.45) is 0 Å². The van der Waals surface area contributed by atoms with Gasteiger partial charge in [0.1, 0.15) is 0 Å². The molecule has 2 N–H and O–H groups in total. The molecule has 2 rings (SSSR count). The lowest BCUT2D eigenvalue weighted by Gasteiger charge is -2.04. The Morgan fingerprint density at radius 3 is 2.86 bits per heavy atom. The van der Waals surface area contributed by atoms with E-state index in [2.05, 4.69) is 20.8 Å². The largest absolute Gasteiger partial charge is 0.360 e. The SMILES string of the molecule is CCCNc1nnc(SCC(=O)Nc2ccc(F)c(F)c2)s1. The number of carbonyl (C=O) groups is 1. The van der Waals surface area contributed by atoms with Crippen molar-refractivity contribution < 1.29 is 13.6 Å². The van der Waals surface area contributed by atoms with Gasteiger partial charge in [-0.1, -0.05) is 30.0 Å². The average molecular weight is 344 g/mol. The maximum atomic E-state index is 13.0. The zero-order valence-electron chi connectivity index (χ0n) is 11.7. The quantitative estimate of drug-likeness (QED) is 0.754. The van der Waals surface area contributed by atoms with Crippen LogP contribution < -0.4 is 10.6 Å². The molecule has 1 aromatic carbocycles. The van der Waals surface area contributed by atoms with Crippen LogP contribution in [-0.2, 0) is 4.79 Å². The Morgan fingerprint density at radius 1 is 1.32 bits per heavy atom. The molecule has 2 aromatic rings. The van der Waals surface area contributed by atoms with E-state index < -0.39 is 11.6 Å². The Bertz CT molecular complexity index is 651. The third-order valence-corrected chi connectivity index (χ3v) is 4.48. The number of hydrogen-bond donors (Lipinski definition) is 2. The maximum Gasteiger partial charge on any atom is 0.234 e. The van der Waals surface area contributed by atoms with Gasteiger partial charge in [-0.3, -0.25) is 4.79 Å². The molecule has 9 heteroatoms. The van der Waals surface area contributed by atoms with Crippen LogP contribution in [0.3, 0.4) is 0 Å². The number of nitrogens with one attached hydrogen (secondary N) is 2. The van der Waals surface area contributed by atoms with Crippen molar-refractivity contribution in [1.82, 2.24) is 10.2 Å². The van der Waals surface area contributed by atoms with Crippen LogP contribution in [0.25, 0.3) is 0 Å². The molecule has 0 bridgehead atoms. The summed E-state index contributed by atoms with van der Waals surface area (Å²) in [7, 11) is 0. The molecule has 1 amide bonds. The van der Waals surface area contributed by atoms with Crippen LogP contribution in [0, 0.1) is 11.6 Å². The van der Waals surface area contributed by atoms with Gasteiger partial charge < -0.3 is 10.6 Å². The highest BCUT2D eigenvalue weighted by Gasteiger charge is 2.09. The van der Waals surface area contributed by atoms with Gasteiger partial charge in [0.05, 0.1) is 5.75 Å². The summed E-state index contributed by atoms with van der Waals surface area (Å²) >= 11 is 2.60. The maximum absolute atomic E-state index is 13.0. The van der Waals surface area contributed by atoms with E-state index >= 15 is 0 Å². The van der Waals surface area contributed by atoms with Gasteiger partial charge in [0.25, 0.3) is 0 Å². The van der Waals surface area contributed by atoms with E-state index in [0.717, 1.165) is 25.1 Å². The molecule has 0 aliphatic rings. The fourth-order valence-corrected chi connectivity index (χ4v) is 3.05. The molecule has 0 saturated heterocycles. The standard InChI is InChI=1S/C13H14F2N4OS2/c1-2-5-16-12-18-19-13(22-12)21-7-11(20)17-8-3-4-9(14)10(15)6-8/h3-4,6H,2,5,7H2,1H3,(H,16,18)(H,17,20). The van der Waals surface area contributed by atoms with E-state index in [-0.39, 0.29) is 17.3 Å². The number of halogens is 2. The second-order valence-corrected chi connectivity index (χ2v) is 6.47. The van der Waals surface area contributed by atoms with Gasteiger partial charge >= 0.3 is 0 Å². The highest BCUT2D eigenvalue weighted by atomic mass is 32.2. The third-order valence-electron chi connectivity index (χ3n) is 2.46. The van der Waals surface area contributed by atoms with Crippen LogP contribution in [-0.4, -0.2) is 28.4 Å². The smallest absolute Gasteiger partial charge is 0.234 e. The highest BCUT2D eigenvalue weighted by molar-refractivity contribution is 8.01. The molecule has 0 aliphatic heterocycles. The first kappa shape index (κ1) is 16.6. The number of benzene rings is 1. The summed E-state index contributed by atoms with van der Waals surface area (Å²) in [6.45, 7) is 2.86. The lowest BCUT2D eigenvalue weighted by Crippen LogP contribution is -2.14. The summed E-state index contributed by atoms with van der Waals surface area (Å²) in [6, 6.07) is 3.21. The van der Waals surface area contributed by atoms with Crippen LogP contribution in [0.1, 0.15) is 13.3 Å². The monoisotopic (exact) mass is 344 g/mol. The van der Waals surface area contributed by atoms with E-state index in [1.54, 1.807) is 0 Å². The van der Waals surface area contributed by atoms with Gasteiger partial charge in [-0.15, -0.1) is 10.2 Å². The van der Waals surface area contributed by atoms with Crippen LogP contribution >= 0.6 is 23.1 Å². The van der Waals surface area contributed by atoms with Crippen molar-refractivity contribution >= 4 is 39.8 Å². The number of carbonyl (C=O) groups excluding carboxylic acids is 1. The van der Waals surface area contributed by atoms with Crippen molar-refractivity contribution in [3.05, 3.63) is 29.8 Å². The first-order valence-electron chi connectivity index (χ1n) is 6.53. The van der Waals surface area contributed by atoms with Crippen molar-refractivity contribution in [3.8, 4) is 0 Å². The van der Waals surface area contributed by atoms with Crippen molar-refractivity contribution in [3.63, 3.8) is 0 Å². The zero-order chi connectivity index (χ0) is 15.9. The zero-order valence-corrected chi connectivity index (χ0v) is 13.4. The molecule has 0 saturated carbocycles. The van der Waals surface area contributed by atoms with Gasteiger partial charge in [0.2, 0.25) is 11.0 Å². The predicted molar refractivity (Wildman–Crippen MR) is 84.4 cm³/mol. The topological polar surface area (TPSA) is 66.9 Å². The van der Waals surface area contributed by atoms with Gasteiger partial charge in [0.15, 0.2) is 16.0 Å². The molecule has 5 nitrogen and oxygen atoms in total. The van der Waals surface area contributed by atoms with Crippen LogP contribution in [0.4, 0.5) is 19.6 Å². The predicted octanol–water partition coefficient (Wildman–Crippen LogP) is 3.37. The molecular weight excluding hydrogens is 330 g/mol. The molecular formula is C13H14F2N4OS2. The number of amides is 1. The van der Waals surface area contributed by atoms with E-state index in [1.165, 1.54) is 29.2 Å². The Morgan fingerprint density at radius 2 is 2.14 bits per heavy atom. The fraction of sp³-hybridized carbons (Fsp3) is 0.308. The number of aromatic nitrogens is 2. The molecule has 22 heavy (non-hydrogen) atoms.